The molecule has 28 heavy (non-hydrogen) atoms. The molecule has 0 aromatic heterocycles. The quantitative estimate of drug-likeness (QED) is 0.605. The van der Waals surface area contributed by atoms with Crippen LogP contribution in [0.15, 0.2) is 89.1 Å². The van der Waals surface area contributed by atoms with Gasteiger partial charge in [-0.2, -0.15) is 10.2 Å². The zero-order valence-electron chi connectivity index (χ0n) is 14.9. The summed E-state index contributed by atoms with van der Waals surface area (Å²) < 4.78 is 5.39. The highest BCUT2D eigenvalue weighted by molar-refractivity contribution is 5.93. The standard InChI is InChI=1S/C21H18N4O3/c22-21(27)15-6-12-19(13-7-15)28-14-20(26)23-16-8-10-18(11-9-16)25-24-17-4-2-1-3-5-17/h1-13H,14H2,(H2,22,27)(H,23,26). The van der Waals surface area contributed by atoms with Crippen LogP contribution >= 0.6 is 0 Å². The lowest BCUT2D eigenvalue weighted by Crippen LogP contribution is -2.20. The van der Waals surface area contributed by atoms with Gasteiger partial charge in [-0.1, -0.05) is 18.2 Å². The number of primary amides is 1. The fourth-order valence-electron chi connectivity index (χ4n) is 2.28. The van der Waals surface area contributed by atoms with Gasteiger partial charge in [0.25, 0.3) is 5.91 Å². The molecule has 0 unspecified atom stereocenters. The van der Waals surface area contributed by atoms with Crippen LogP contribution in [0.4, 0.5) is 17.1 Å². The van der Waals surface area contributed by atoms with E-state index >= 15 is 0 Å². The van der Waals surface area contributed by atoms with Crippen LogP contribution in [0.3, 0.4) is 0 Å². The van der Waals surface area contributed by atoms with Gasteiger partial charge in [0.05, 0.1) is 11.4 Å². The maximum absolute atomic E-state index is 12.0. The largest absolute Gasteiger partial charge is 0.484 e. The van der Waals surface area contributed by atoms with Crippen LogP contribution in [0.1, 0.15) is 10.4 Å². The lowest BCUT2D eigenvalue weighted by Gasteiger charge is -2.08. The Morgan fingerprint density at radius 2 is 1.43 bits per heavy atom. The molecule has 0 fully saturated rings. The van der Waals surface area contributed by atoms with Crippen molar-refractivity contribution in [2.24, 2.45) is 16.0 Å². The molecule has 0 atom stereocenters. The molecule has 0 aliphatic rings. The first-order valence-electron chi connectivity index (χ1n) is 8.49. The zero-order valence-corrected chi connectivity index (χ0v) is 14.9. The van der Waals surface area contributed by atoms with Gasteiger partial charge in [0.2, 0.25) is 5.91 Å². The molecule has 0 bridgehead atoms. The van der Waals surface area contributed by atoms with E-state index in [0.717, 1.165) is 5.69 Å². The highest BCUT2D eigenvalue weighted by atomic mass is 16.5. The highest BCUT2D eigenvalue weighted by Crippen LogP contribution is 2.20. The normalized spacial score (nSPS) is 10.6. The van der Waals surface area contributed by atoms with Crippen LogP contribution in [-0.4, -0.2) is 18.4 Å². The van der Waals surface area contributed by atoms with E-state index in [1.165, 1.54) is 12.1 Å². The number of nitrogens with zero attached hydrogens (tertiary/aromatic N) is 2. The Kier molecular flexibility index (Phi) is 6.10. The van der Waals surface area contributed by atoms with E-state index in [1.54, 1.807) is 36.4 Å². The third kappa shape index (κ3) is 5.50. The number of ether oxygens (including phenoxy) is 1. The zero-order chi connectivity index (χ0) is 19.8. The predicted octanol–water partition coefficient (Wildman–Crippen LogP) is 4.22. The smallest absolute Gasteiger partial charge is 0.262 e. The average molecular weight is 374 g/mol. The monoisotopic (exact) mass is 374 g/mol. The second-order valence-corrected chi connectivity index (χ2v) is 5.81. The molecule has 7 nitrogen and oxygen atoms in total. The Hall–Kier alpha value is -4.00. The third-order valence-corrected chi connectivity index (χ3v) is 3.70. The van der Waals surface area contributed by atoms with Gasteiger partial charge in [0.15, 0.2) is 6.61 Å². The lowest BCUT2D eigenvalue weighted by atomic mass is 10.2. The van der Waals surface area contributed by atoms with Gasteiger partial charge < -0.3 is 15.8 Å². The molecule has 0 heterocycles. The first kappa shape index (κ1) is 18.8. The van der Waals surface area contributed by atoms with E-state index in [-0.39, 0.29) is 12.5 Å². The molecule has 3 aromatic carbocycles. The van der Waals surface area contributed by atoms with E-state index in [2.05, 4.69) is 15.5 Å². The number of carbonyl (C=O) groups is 2. The number of amides is 2. The SMILES string of the molecule is NC(=O)c1ccc(OCC(=O)Nc2ccc(N=Nc3ccccc3)cc2)cc1. The Morgan fingerprint density at radius 1 is 0.821 bits per heavy atom. The van der Waals surface area contributed by atoms with Crippen molar-refractivity contribution >= 4 is 28.9 Å². The summed E-state index contributed by atoms with van der Waals surface area (Å²) in [6, 6.07) is 22.6. The predicted molar refractivity (Wildman–Crippen MR) is 106 cm³/mol. The number of nitrogens with one attached hydrogen (secondary N) is 1. The number of nitrogens with two attached hydrogens (primary N) is 1. The molecule has 0 aliphatic carbocycles. The van der Waals surface area contributed by atoms with Crippen molar-refractivity contribution in [3.63, 3.8) is 0 Å². The van der Waals surface area contributed by atoms with Crippen LogP contribution in [0.5, 0.6) is 5.75 Å². The highest BCUT2D eigenvalue weighted by Gasteiger charge is 2.05. The molecule has 3 N–H and O–H groups in total. The molecule has 0 saturated heterocycles. The topological polar surface area (TPSA) is 106 Å². The molecule has 2 amide bonds. The second kappa shape index (κ2) is 9.09. The summed E-state index contributed by atoms with van der Waals surface area (Å²) in [7, 11) is 0. The number of rotatable bonds is 7. The molecule has 0 spiro atoms. The van der Waals surface area contributed by atoms with Gasteiger partial charge in [-0.3, -0.25) is 9.59 Å². The third-order valence-electron chi connectivity index (χ3n) is 3.70. The summed E-state index contributed by atoms with van der Waals surface area (Å²) in [5.74, 6) is -0.356. The minimum absolute atomic E-state index is 0.161. The maximum atomic E-state index is 12.0. The first-order chi connectivity index (χ1) is 13.6. The van der Waals surface area contributed by atoms with Crippen molar-refractivity contribution in [3.8, 4) is 5.75 Å². The molecule has 3 rings (SSSR count). The molecule has 0 saturated carbocycles. The average Bonchev–Trinajstić information content (AvgIpc) is 2.73. The minimum Gasteiger partial charge on any atom is -0.484 e. The van der Waals surface area contributed by atoms with Crippen molar-refractivity contribution in [2.75, 3.05) is 11.9 Å². The summed E-state index contributed by atoms with van der Waals surface area (Å²) in [6.07, 6.45) is 0. The number of carbonyl (C=O) groups excluding carboxylic acids is 2. The number of hydrogen-bond acceptors (Lipinski definition) is 5. The van der Waals surface area contributed by atoms with Gasteiger partial charge in [0.1, 0.15) is 5.75 Å². The van der Waals surface area contributed by atoms with E-state index in [9.17, 15) is 9.59 Å². The molecule has 0 radical (unpaired) electrons. The van der Waals surface area contributed by atoms with Crippen molar-refractivity contribution in [2.45, 2.75) is 0 Å². The summed E-state index contributed by atoms with van der Waals surface area (Å²) >= 11 is 0. The van der Waals surface area contributed by atoms with Gasteiger partial charge >= 0.3 is 0 Å². The summed E-state index contributed by atoms with van der Waals surface area (Å²) in [4.78, 5) is 23.0. The van der Waals surface area contributed by atoms with Gasteiger partial charge in [0, 0.05) is 11.3 Å². The molecule has 3 aromatic rings. The molecular weight excluding hydrogens is 356 g/mol. The van der Waals surface area contributed by atoms with Crippen LogP contribution < -0.4 is 15.8 Å². The van der Waals surface area contributed by atoms with Crippen molar-refractivity contribution in [1.29, 1.82) is 0 Å². The maximum Gasteiger partial charge on any atom is 0.262 e. The molecular formula is C21H18N4O3. The number of azo groups is 1. The van der Waals surface area contributed by atoms with E-state index < -0.39 is 5.91 Å². The Labute approximate surface area is 161 Å². The first-order valence-corrected chi connectivity index (χ1v) is 8.49. The Morgan fingerprint density at radius 3 is 2.04 bits per heavy atom. The number of benzene rings is 3. The summed E-state index contributed by atoms with van der Waals surface area (Å²) in [5.41, 5.74) is 7.61. The number of hydrogen-bond donors (Lipinski definition) is 2. The number of anilines is 1. The summed E-state index contributed by atoms with van der Waals surface area (Å²) in [5, 5.41) is 11.0. The van der Waals surface area contributed by atoms with Crippen molar-refractivity contribution in [3.05, 3.63) is 84.4 Å². The van der Waals surface area contributed by atoms with Crippen LogP contribution in [0, 0.1) is 0 Å². The Balaban J connectivity index is 1.50. The molecule has 0 aliphatic heterocycles. The van der Waals surface area contributed by atoms with Crippen molar-refractivity contribution < 1.29 is 14.3 Å². The van der Waals surface area contributed by atoms with Gasteiger partial charge in [-0.05, 0) is 60.7 Å². The van der Waals surface area contributed by atoms with Crippen LogP contribution in [0.2, 0.25) is 0 Å². The van der Waals surface area contributed by atoms with E-state index in [1.807, 2.05) is 30.3 Å². The van der Waals surface area contributed by atoms with E-state index in [4.69, 9.17) is 10.5 Å². The Bertz CT molecular complexity index is 969. The lowest BCUT2D eigenvalue weighted by molar-refractivity contribution is -0.118. The molecule has 7 heteroatoms. The summed E-state index contributed by atoms with van der Waals surface area (Å²) in [6.45, 7) is -0.161. The van der Waals surface area contributed by atoms with Crippen LogP contribution in [0.25, 0.3) is 0 Å². The van der Waals surface area contributed by atoms with E-state index in [0.29, 0.717) is 22.7 Å². The fraction of sp³-hybridized carbons (Fsp3) is 0.0476. The van der Waals surface area contributed by atoms with Crippen molar-refractivity contribution in [1.82, 2.24) is 0 Å². The minimum atomic E-state index is -0.518. The molecule has 140 valence electrons. The van der Waals surface area contributed by atoms with Crippen LogP contribution in [-0.2, 0) is 4.79 Å². The van der Waals surface area contributed by atoms with Gasteiger partial charge in [-0.25, -0.2) is 0 Å². The fourth-order valence-corrected chi connectivity index (χ4v) is 2.28. The second-order valence-electron chi connectivity index (χ2n) is 5.81. The van der Waals surface area contributed by atoms with Gasteiger partial charge in [-0.15, -0.1) is 0 Å².